The van der Waals surface area contributed by atoms with Gasteiger partial charge in [-0.15, -0.1) is 0 Å². The first-order valence-corrected chi connectivity index (χ1v) is 7.23. The predicted molar refractivity (Wildman–Crippen MR) is 78.0 cm³/mol. The largest absolute Gasteiger partial charge is 0.478 e. The Labute approximate surface area is 115 Å². The predicted octanol–water partition coefficient (Wildman–Crippen LogP) is 3.57. The van der Waals surface area contributed by atoms with Gasteiger partial charge >= 0.3 is 5.97 Å². The second kappa shape index (κ2) is 6.09. The molecule has 0 spiro atoms. The van der Waals surface area contributed by atoms with Crippen LogP contribution in [0.25, 0.3) is 0 Å². The highest BCUT2D eigenvalue weighted by atomic mass is 16.4. The molecule has 19 heavy (non-hydrogen) atoms. The summed E-state index contributed by atoms with van der Waals surface area (Å²) in [5.41, 5.74) is 2.83. The van der Waals surface area contributed by atoms with Crippen LogP contribution >= 0.6 is 0 Å². The Balaban J connectivity index is 2.17. The van der Waals surface area contributed by atoms with Gasteiger partial charge in [-0.05, 0) is 48.9 Å². The number of anilines is 1. The van der Waals surface area contributed by atoms with Crippen LogP contribution in [0.15, 0.2) is 18.2 Å². The number of carboxylic acid groups (broad SMARTS) is 1. The SMILES string of the molecule is CCCC(C)CN1CCCc2cc(C(=O)O)ccc21. The van der Waals surface area contributed by atoms with Crippen LogP contribution < -0.4 is 4.90 Å². The van der Waals surface area contributed by atoms with Gasteiger partial charge in [0.15, 0.2) is 0 Å². The van der Waals surface area contributed by atoms with E-state index >= 15 is 0 Å². The summed E-state index contributed by atoms with van der Waals surface area (Å²) in [5, 5.41) is 9.05. The van der Waals surface area contributed by atoms with E-state index in [-0.39, 0.29) is 0 Å². The zero-order valence-electron chi connectivity index (χ0n) is 11.9. The second-order valence-corrected chi connectivity index (χ2v) is 5.59. The van der Waals surface area contributed by atoms with Crippen molar-refractivity contribution >= 4 is 11.7 Å². The number of aryl methyl sites for hydroxylation is 1. The van der Waals surface area contributed by atoms with Gasteiger partial charge in [-0.1, -0.05) is 20.3 Å². The van der Waals surface area contributed by atoms with E-state index in [2.05, 4.69) is 18.7 Å². The van der Waals surface area contributed by atoms with Gasteiger partial charge in [0.2, 0.25) is 0 Å². The van der Waals surface area contributed by atoms with E-state index in [4.69, 9.17) is 5.11 Å². The molecule has 3 nitrogen and oxygen atoms in total. The fourth-order valence-electron chi connectivity index (χ4n) is 2.96. The van der Waals surface area contributed by atoms with Crippen LogP contribution in [0.3, 0.4) is 0 Å². The number of nitrogens with zero attached hydrogens (tertiary/aromatic N) is 1. The van der Waals surface area contributed by atoms with E-state index in [9.17, 15) is 4.79 Å². The first kappa shape index (κ1) is 13.9. The van der Waals surface area contributed by atoms with Crippen molar-refractivity contribution in [1.82, 2.24) is 0 Å². The van der Waals surface area contributed by atoms with Crippen LogP contribution in [-0.4, -0.2) is 24.2 Å². The minimum atomic E-state index is -0.834. The molecule has 3 heteroatoms. The molecule has 0 fully saturated rings. The molecule has 1 atom stereocenters. The van der Waals surface area contributed by atoms with Gasteiger partial charge in [0, 0.05) is 18.8 Å². The van der Waals surface area contributed by atoms with Gasteiger partial charge in [0.25, 0.3) is 0 Å². The standard InChI is InChI=1S/C16H23NO2/c1-3-5-12(2)11-17-9-4-6-13-10-14(16(18)19)7-8-15(13)17/h7-8,10,12H,3-6,9,11H2,1-2H3,(H,18,19). The van der Waals surface area contributed by atoms with Crippen molar-refractivity contribution in [1.29, 1.82) is 0 Å². The lowest BCUT2D eigenvalue weighted by atomic mass is 9.97. The van der Waals surface area contributed by atoms with E-state index < -0.39 is 5.97 Å². The average molecular weight is 261 g/mol. The molecule has 1 aromatic carbocycles. The van der Waals surface area contributed by atoms with Crippen LogP contribution in [0, 0.1) is 5.92 Å². The van der Waals surface area contributed by atoms with Gasteiger partial charge in [-0.3, -0.25) is 0 Å². The monoisotopic (exact) mass is 261 g/mol. The molecule has 1 N–H and O–H groups in total. The Hall–Kier alpha value is -1.51. The molecule has 0 saturated heterocycles. The Morgan fingerprint density at radius 2 is 2.26 bits per heavy atom. The quantitative estimate of drug-likeness (QED) is 0.880. The molecule has 1 aliphatic rings. The molecule has 2 rings (SSSR count). The molecule has 0 radical (unpaired) electrons. The molecular weight excluding hydrogens is 238 g/mol. The summed E-state index contributed by atoms with van der Waals surface area (Å²) >= 11 is 0. The maximum absolute atomic E-state index is 11.0. The lowest BCUT2D eigenvalue weighted by Crippen LogP contribution is -2.33. The van der Waals surface area contributed by atoms with Crippen LogP contribution in [-0.2, 0) is 6.42 Å². The van der Waals surface area contributed by atoms with Gasteiger partial charge < -0.3 is 10.0 Å². The van der Waals surface area contributed by atoms with E-state index in [1.165, 1.54) is 24.1 Å². The highest BCUT2D eigenvalue weighted by Crippen LogP contribution is 2.29. The number of carboxylic acids is 1. The molecule has 0 bridgehead atoms. The lowest BCUT2D eigenvalue weighted by molar-refractivity contribution is 0.0697. The second-order valence-electron chi connectivity index (χ2n) is 5.59. The Kier molecular flexibility index (Phi) is 4.46. The number of rotatable bonds is 5. The van der Waals surface area contributed by atoms with Gasteiger partial charge in [0.05, 0.1) is 5.56 Å². The summed E-state index contributed by atoms with van der Waals surface area (Å²) in [6, 6.07) is 5.55. The van der Waals surface area contributed by atoms with Crippen LogP contribution in [0.1, 0.15) is 49.0 Å². The van der Waals surface area contributed by atoms with Crippen molar-refractivity contribution in [3.8, 4) is 0 Å². The minimum absolute atomic E-state index is 0.405. The van der Waals surface area contributed by atoms with E-state index in [1.807, 2.05) is 12.1 Å². The first-order chi connectivity index (χ1) is 9.11. The number of benzene rings is 1. The smallest absolute Gasteiger partial charge is 0.335 e. The molecule has 104 valence electrons. The molecule has 0 amide bonds. The molecule has 1 unspecified atom stereocenters. The molecule has 0 aromatic heterocycles. The van der Waals surface area contributed by atoms with Crippen molar-refractivity contribution < 1.29 is 9.90 Å². The molecular formula is C16H23NO2. The Bertz CT molecular complexity index is 456. The molecule has 0 saturated carbocycles. The number of carbonyl (C=O) groups is 1. The number of hydrogen-bond acceptors (Lipinski definition) is 2. The number of hydrogen-bond donors (Lipinski definition) is 1. The lowest BCUT2D eigenvalue weighted by Gasteiger charge is -2.33. The molecule has 1 aromatic rings. The van der Waals surface area contributed by atoms with Crippen LogP contribution in [0.5, 0.6) is 0 Å². The normalized spacial score (nSPS) is 16.0. The highest BCUT2D eigenvalue weighted by Gasteiger charge is 2.19. The average Bonchev–Trinajstić information content (AvgIpc) is 2.38. The summed E-state index contributed by atoms with van der Waals surface area (Å²) < 4.78 is 0. The van der Waals surface area contributed by atoms with E-state index in [1.54, 1.807) is 6.07 Å². The maximum atomic E-state index is 11.0. The van der Waals surface area contributed by atoms with Gasteiger partial charge in [-0.2, -0.15) is 0 Å². The van der Waals surface area contributed by atoms with Crippen molar-refractivity contribution in [2.45, 2.75) is 39.5 Å². The summed E-state index contributed by atoms with van der Waals surface area (Å²) in [6.45, 7) is 6.68. The fourth-order valence-corrected chi connectivity index (χ4v) is 2.96. The van der Waals surface area contributed by atoms with Crippen LogP contribution in [0.4, 0.5) is 5.69 Å². The summed E-state index contributed by atoms with van der Waals surface area (Å²) in [7, 11) is 0. The molecule has 0 aliphatic carbocycles. The number of aromatic carboxylic acids is 1. The van der Waals surface area contributed by atoms with Crippen molar-refractivity contribution in [2.24, 2.45) is 5.92 Å². The highest BCUT2D eigenvalue weighted by molar-refractivity contribution is 5.88. The third-order valence-corrected chi connectivity index (χ3v) is 3.85. The first-order valence-electron chi connectivity index (χ1n) is 7.23. The number of fused-ring (bicyclic) bond motifs is 1. The van der Waals surface area contributed by atoms with Crippen molar-refractivity contribution in [2.75, 3.05) is 18.0 Å². The maximum Gasteiger partial charge on any atom is 0.335 e. The van der Waals surface area contributed by atoms with Crippen molar-refractivity contribution in [3.05, 3.63) is 29.3 Å². The zero-order chi connectivity index (χ0) is 13.8. The van der Waals surface area contributed by atoms with E-state index in [0.29, 0.717) is 11.5 Å². The summed E-state index contributed by atoms with van der Waals surface area (Å²) in [5.74, 6) is -0.144. The fraction of sp³-hybridized carbons (Fsp3) is 0.562. The Morgan fingerprint density at radius 3 is 2.95 bits per heavy atom. The third-order valence-electron chi connectivity index (χ3n) is 3.85. The molecule has 1 aliphatic heterocycles. The van der Waals surface area contributed by atoms with Crippen molar-refractivity contribution in [3.63, 3.8) is 0 Å². The van der Waals surface area contributed by atoms with Crippen LogP contribution in [0.2, 0.25) is 0 Å². The molecule has 1 heterocycles. The minimum Gasteiger partial charge on any atom is -0.478 e. The van der Waals surface area contributed by atoms with Gasteiger partial charge in [0.1, 0.15) is 0 Å². The van der Waals surface area contributed by atoms with E-state index in [0.717, 1.165) is 25.9 Å². The summed E-state index contributed by atoms with van der Waals surface area (Å²) in [4.78, 5) is 13.4. The Morgan fingerprint density at radius 1 is 1.47 bits per heavy atom. The topological polar surface area (TPSA) is 40.5 Å². The van der Waals surface area contributed by atoms with Gasteiger partial charge in [-0.25, -0.2) is 4.79 Å². The zero-order valence-corrected chi connectivity index (χ0v) is 11.9. The summed E-state index contributed by atoms with van der Waals surface area (Å²) in [6.07, 6.45) is 4.59. The third kappa shape index (κ3) is 3.28.